The number of hydrogen-bond acceptors (Lipinski definition) is 4. The zero-order valence-corrected chi connectivity index (χ0v) is 14.6. The quantitative estimate of drug-likeness (QED) is 0.694. The van der Waals surface area contributed by atoms with Crippen molar-refractivity contribution in [2.45, 2.75) is 19.3 Å². The second kappa shape index (κ2) is 8.51. The van der Waals surface area contributed by atoms with Gasteiger partial charge in [0.25, 0.3) is 5.91 Å². The summed E-state index contributed by atoms with van der Waals surface area (Å²) in [5, 5.41) is 2.59. The van der Waals surface area contributed by atoms with Crippen LogP contribution < -0.4 is 10.1 Å². The lowest BCUT2D eigenvalue weighted by Gasteiger charge is -2.09. The van der Waals surface area contributed by atoms with E-state index >= 15 is 0 Å². The number of carbonyl (C=O) groups excluding carboxylic acids is 1. The number of alkyl halides is 3. The Labute approximate surface area is 159 Å². The standard InChI is InChI=1S/C20H16F3N3O2/c21-20(22,23)16-8-6-14(7-9-16)10-26-19(27)17-11-25-18(12-24-17)28-13-15-4-2-1-3-5-15/h1-9,11-12H,10,13H2,(H,26,27). The molecule has 0 saturated carbocycles. The van der Waals surface area contributed by atoms with E-state index in [1.165, 1.54) is 24.5 Å². The fourth-order valence-electron chi connectivity index (χ4n) is 2.32. The van der Waals surface area contributed by atoms with E-state index in [0.29, 0.717) is 12.2 Å². The molecule has 0 fully saturated rings. The summed E-state index contributed by atoms with van der Waals surface area (Å²) >= 11 is 0. The second-order valence-electron chi connectivity index (χ2n) is 5.89. The summed E-state index contributed by atoms with van der Waals surface area (Å²) in [7, 11) is 0. The van der Waals surface area contributed by atoms with Gasteiger partial charge >= 0.3 is 6.18 Å². The minimum Gasteiger partial charge on any atom is -0.472 e. The van der Waals surface area contributed by atoms with Crippen LogP contribution in [-0.4, -0.2) is 15.9 Å². The van der Waals surface area contributed by atoms with Crippen LogP contribution in [0.25, 0.3) is 0 Å². The maximum absolute atomic E-state index is 12.5. The lowest BCUT2D eigenvalue weighted by molar-refractivity contribution is -0.137. The van der Waals surface area contributed by atoms with Gasteiger partial charge < -0.3 is 10.1 Å². The number of nitrogens with zero attached hydrogens (tertiary/aromatic N) is 2. The van der Waals surface area contributed by atoms with Gasteiger partial charge in [0.1, 0.15) is 12.3 Å². The van der Waals surface area contributed by atoms with Gasteiger partial charge in [-0.05, 0) is 23.3 Å². The average Bonchev–Trinajstić information content (AvgIpc) is 2.71. The van der Waals surface area contributed by atoms with Crippen molar-refractivity contribution in [3.05, 3.63) is 89.4 Å². The van der Waals surface area contributed by atoms with Crippen LogP contribution in [0.5, 0.6) is 5.88 Å². The highest BCUT2D eigenvalue weighted by molar-refractivity contribution is 5.91. The van der Waals surface area contributed by atoms with Crippen LogP contribution in [0.1, 0.15) is 27.2 Å². The molecule has 3 rings (SSSR count). The van der Waals surface area contributed by atoms with Crippen LogP contribution in [0.4, 0.5) is 13.2 Å². The van der Waals surface area contributed by atoms with Crippen LogP contribution in [0.2, 0.25) is 0 Å². The van der Waals surface area contributed by atoms with Crippen molar-refractivity contribution < 1.29 is 22.7 Å². The Hall–Kier alpha value is -3.42. The monoisotopic (exact) mass is 387 g/mol. The molecule has 144 valence electrons. The molecule has 0 aliphatic carbocycles. The van der Waals surface area contributed by atoms with E-state index in [1.807, 2.05) is 30.3 Å². The van der Waals surface area contributed by atoms with Crippen molar-refractivity contribution in [2.75, 3.05) is 0 Å². The number of benzene rings is 2. The van der Waals surface area contributed by atoms with Gasteiger partial charge in [0.2, 0.25) is 5.88 Å². The highest BCUT2D eigenvalue weighted by atomic mass is 19.4. The Morgan fingerprint density at radius 3 is 2.25 bits per heavy atom. The second-order valence-corrected chi connectivity index (χ2v) is 5.89. The first-order valence-electron chi connectivity index (χ1n) is 8.35. The first-order chi connectivity index (χ1) is 13.4. The molecule has 0 atom stereocenters. The van der Waals surface area contributed by atoms with Crippen molar-refractivity contribution in [3.8, 4) is 5.88 Å². The van der Waals surface area contributed by atoms with Gasteiger partial charge in [0.15, 0.2) is 0 Å². The van der Waals surface area contributed by atoms with E-state index in [9.17, 15) is 18.0 Å². The van der Waals surface area contributed by atoms with Crippen molar-refractivity contribution >= 4 is 5.91 Å². The van der Waals surface area contributed by atoms with Crippen LogP contribution in [-0.2, 0) is 19.3 Å². The first kappa shape index (κ1) is 19.3. The molecule has 0 radical (unpaired) electrons. The summed E-state index contributed by atoms with van der Waals surface area (Å²) in [5.74, 6) is -0.204. The maximum atomic E-state index is 12.5. The number of hydrogen-bond donors (Lipinski definition) is 1. The maximum Gasteiger partial charge on any atom is 0.416 e. The Bertz CT molecular complexity index is 912. The Morgan fingerprint density at radius 2 is 1.64 bits per heavy atom. The highest BCUT2D eigenvalue weighted by Gasteiger charge is 2.29. The Morgan fingerprint density at radius 1 is 0.929 bits per heavy atom. The molecule has 1 aromatic heterocycles. The zero-order chi connectivity index (χ0) is 20.0. The van der Waals surface area contributed by atoms with E-state index in [1.54, 1.807) is 0 Å². The summed E-state index contributed by atoms with van der Waals surface area (Å²) in [4.78, 5) is 20.1. The summed E-state index contributed by atoms with van der Waals surface area (Å²) in [6.07, 6.45) is -1.76. The first-order valence-corrected chi connectivity index (χ1v) is 8.35. The molecule has 1 heterocycles. The van der Waals surface area contributed by atoms with Crippen LogP contribution in [0, 0.1) is 0 Å². The SMILES string of the molecule is O=C(NCc1ccc(C(F)(F)F)cc1)c1cnc(OCc2ccccc2)cn1. The predicted octanol–water partition coefficient (Wildman–Crippen LogP) is 4.00. The van der Waals surface area contributed by atoms with Gasteiger partial charge in [-0.15, -0.1) is 0 Å². The zero-order valence-electron chi connectivity index (χ0n) is 14.6. The normalized spacial score (nSPS) is 11.1. The van der Waals surface area contributed by atoms with Gasteiger partial charge in [-0.1, -0.05) is 42.5 Å². The third kappa shape index (κ3) is 5.29. The molecule has 5 nitrogen and oxygen atoms in total. The number of carbonyl (C=O) groups is 1. The number of amides is 1. The Kier molecular flexibility index (Phi) is 5.88. The number of nitrogens with one attached hydrogen (secondary N) is 1. The van der Waals surface area contributed by atoms with Crippen LogP contribution in [0.3, 0.4) is 0 Å². The van der Waals surface area contributed by atoms with E-state index in [4.69, 9.17) is 4.74 Å². The van der Waals surface area contributed by atoms with Gasteiger partial charge in [0, 0.05) is 6.54 Å². The average molecular weight is 387 g/mol. The van der Waals surface area contributed by atoms with E-state index < -0.39 is 17.6 Å². The molecule has 0 saturated heterocycles. The van der Waals surface area contributed by atoms with Crippen molar-refractivity contribution in [1.82, 2.24) is 15.3 Å². The fraction of sp³-hybridized carbons (Fsp3) is 0.150. The van der Waals surface area contributed by atoms with Crippen molar-refractivity contribution in [1.29, 1.82) is 0 Å². The molecule has 0 unspecified atom stereocenters. The molecule has 0 spiro atoms. The predicted molar refractivity (Wildman–Crippen MR) is 95.4 cm³/mol. The molecule has 0 bridgehead atoms. The number of ether oxygens (including phenoxy) is 1. The highest BCUT2D eigenvalue weighted by Crippen LogP contribution is 2.29. The molecule has 0 aliphatic rings. The molecule has 0 aliphatic heterocycles. The fourth-order valence-corrected chi connectivity index (χ4v) is 2.32. The molecule has 8 heteroatoms. The van der Waals surface area contributed by atoms with Crippen molar-refractivity contribution in [3.63, 3.8) is 0 Å². The lowest BCUT2D eigenvalue weighted by Crippen LogP contribution is -2.24. The third-order valence-electron chi connectivity index (χ3n) is 3.82. The molecular weight excluding hydrogens is 371 g/mol. The van der Waals surface area contributed by atoms with E-state index in [-0.39, 0.29) is 18.1 Å². The topological polar surface area (TPSA) is 64.1 Å². The van der Waals surface area contributed by atoms with Crippen molar-refractivity contribution in [2.24, 2.45) is 0 Å². The number of halogens is 3. The van der Waals surface area contributed by atoms with Gasteiger partial charge in [-0.25, -0.2) is 9.97 Å². The molecule has 2 aromatic carbocycles. The Balaban J connectivity index is 1.51. The molecule has 1 N–H and O–H groups in total. The molecule has 1 amide bonds. The van der Waals surface area contributed by atoms with Gasteiger partial charge in [-0.3, -0.25) is 4.79 Å². The minimum atomic E-state index is -4.39. The minimum absolute atomic E-state index is 0.0743. The van der Waals surface area contributed by atoms with Crippen LogP contribution in [0.15, 0.2) is 67.0 Å². The summed E-state index contributed by atoms with van der Waals surface area (Å²) in [6, 6.07) is 14.1. The van der Waals surface area contributed by atoms with Gasteiger partial charge in [0.05, 0.1) is 18.0 Å². The van der Waals surface area contributed by atoms with E-state index in [0.717, 1.165) is 17.7 Å². The largest absolute Gasteiger partial charge is 0.472 e. The smallest absolute Gasteiger partial charge is 0.416 e. The van der Waals surface area contributed by atoms with Crippen LogP contribution >= 0.6 is 0 Å². The van der Waals surface area contributed by atoms with E-state index in [2.05, 4.69) is 15.3 Å². The molecule has 28 heavy (non-hydrogen) atoms. The molecular formula is C20H16F3N3O2. The number of rotatable bonds is 6. The molecule has 3 aromatic rings. The number of aromatic nitrogens is 2. The summed E-state index contributed by atoms with van der Waals surface area (Å²) in [6.45, 7) is 0.403. The lowest BCUT2D eigenvalue weighted by atomic mass is 10.1. The van der Waals surface area contributed by atoms with Gasteiger partial charge in [-0.2, -0.15) is 13.2 Å². The third-order valence-corrected chi connectivity index (χ3v) is 3.82. The summed E-state index contributed by atoms with van der Waals surface area (Å²) < 4.78 is 43.1. The summed E-state index contributed by atoms with van der Waals surface area (Å²) in [5.41, 5.74) is 0.860.